The Morgan fingerprint density at radius 3 is 1.30 bits per heavy atom. The van der Waals surface area contributed by atoms with E-state index in [9.17, 15) is 0 Å². The highest BCUT2D eigenvalue weighted by atomic mass is 16.8. The smallest absolute Gasteiger partial charge is 0.0905 e. The van der Waals surface area contributed by atoms with Gasteiger partial charge >= 0.3 is 0 Å². The molecule has 0 unspecified atom stereocenters. The number of hydrazine groups is 1. The van der Waals surface area contributed by atoms with Crippen molar-refractivity contribution in [1.29, 1.82) is 0 Å². The maximum atomic E-state index is 5.73. The lowest BCUT2D eigenvalue weighted by Gasteiger charge is -2.34. The monoisotopic (exact) mass is 272 g/mol. The Bertz CT molecular complexity index is 443. The van der Waals surface area contributed by atoms with E-state index in [0.717, 1.165) is 11.4 Å². The minimum atomic E-state index is 0.547. The van der Waals surface area contributed by atoms with Gasteiger partial charge in [0.1, 0.15) is 0 Å². The summed E-state index contributed by atoms with van der Waals surface area (Å²) in [4.78, 5) is 11.5. The maximum absolute atomic E-state index is 5.73. The van der Waals surface area contributed by atoms with Gasteiger partial charge in [0.2, 0.25) is 0 Å². The molecule has 0 saturated carbocycles. The van der Waals surface area contributed by atoms with Crippen LogP contribution in [-0.2, 0) is 9.68 Å². The van der Waals surface area contributed by atoms with E-state index in [-0.39, 0.29) is 0 Å². The first-order valence-corrected chi connectivity index (χ1v) is 6.83. The number of anilines is 2. The molecule has 0 aromatic heterocycles. The molecule has 2 aromatic carbocycles. The third-order valence-corrected chi connectivity index (χ3v) is 2.62. The van der Waals surface area contributed by atoms with Gasteiger partial charge in [-0.2, -0.15) is 0 Å². The average molecular weight is 272 g/mol. The van der Waals surface area contributed by atoms with Crippen LogP contribution in [0.1, 0.15) is 13.8 Å². The van der Waals surface area contributed by atoms with Gasteiger partial charge in [-0.1, -0.05) is 36.4 Å². The van der Waals surface area contributed by atoms with E-state index in [0.29, 0.717) is 13.2 Å². The van der Waals surface area contributed by atoms with Crippen LogP contribution in [0.15, 0.2) is 60.7 Å². The molecule has 4 nitrogen and oxygen atoms in total. The van der Waals surface area contributed by atoms with Crippen LogP contribution in [0.25, 0.3) is 0 Å². The van der Waals surface area contributed by atoms with Gasteiger partial charge < -0.3 is 0 Å². The van der Waals surface area contributed by atoms with E-state index in [1.807, 2.05) is 74.5 Å². The average Bonchev–Trinajstić information content (AvgIpc) is 2.52. The van der Waals surface area contributed by atoms with Crippen LogP contribution in [0.2, 0.25) is 0 Å². The Kier molecular flexibility index (Phi) is 5.41. The van der Waals surface area contributed by atoms with E-state index in [1.165, 1.54) is 0 Å². The number of benzene rings is 2. The lowest BCUT2D eigenvalue weighted by atomic mass is 10.3. The van der Waals surface area contributed by atoms with Crippen LogP contribution < -0.4 is 10.3 Å². The standard InChI is InChI=1S/C16H20N2O2/c1-3-19-17(15-11-7-5-8-12-15)18(20-4-2)16-13-9-6-10-14-16/h5-14H,3-4H2,1-2H3. The number of nitrogens with zero attached hydrogens (tertiary/aromatic N) is 2. The van der Waals surface area contributed by atoms with Crippen molar-refractivity contribution in [3.05, 3.63) is 60.7 Å². The third kappa shape index (κ3) is 3.50. The molecule has 2 aromatic rings. The number of para-hydroxylation sites is 2. The summed E-state index contributed by atoms with van der Waals surface area (Å²) in [6.07, 6.45) is 0. The van der Waals surface area contributed by atoms with Crippen LogP contribution in [0.5, 0.6) is 0 Å². The summed E-state index contributed by atoms with van der Waals surface area (Å²) in [5, 5.41) is 3.33. The fourth-order valence-electron chi connectivity index (χ4n) is 1.82. The largest absolute Gasteiger partial charge is 0.252 e. The van der Waals surface area contributed by atoms with Crippen molar-refractivity contribution < 1.29 is 9.68 Å². The van der Waals surface area contributed by atoms with Gasteiger partial charge in [-0.3, -0.25) is 9.68 Å². The van der Waals surface area contributed by atoms with Crippen LogP contribution in [0, 0.1) is 0 Å². The fourth-order valence-corrected chi connectivity index (χ4v) is 1.82. The summed E-state index contributed by atoms with van der Waals surface area (Å²) in [6, 6.07) is 19.7. The lowest BCUT2D eigenvalue weighted by Crippen LogP contribution is -2.43. The molecule has 0 bridgehead atoms. The predicted molar refractivity (Wildman–Crippen MR) is 81.1 cm³/mol. The first-order chi connectivity index (χ1) is 9.86. The highest BCUT2D eigenvalue weighted by Gasteiger charge is 2.18. The summed E-state index contributed by atoms with van der Waals surface area (Å²) in [7, 11) is 0. The topological polar surface area (TPSA) is 24.9 Å². The van der Waals surface area contributed by atoms with Gasteiger partial charge in [0.05, 0.1) is 24.6 Å². The third-order valence-electron chi connectivity index (χ3n) is 2.62. The van der Waals surface area contributed by atoms with Gasteiger partial charge in [-0.15, -0.1) is 10.3 Å². The molecule has 0 fully saturated rings. The van der Waals surface area contributed by atoms with Crippen molar-refractivity contribution in [3.63, 3.8) is 0 Å². The highest BCUT2D eigenvalue weighted by molar-refractivity contribution is 5.53. The van der Waals surface area contributed by atoms with Gasteiger partial charge in [0.25, 0.3) is 0 Å². The molecular weight excluding hydrogens is 252 g/mol. The Morgan fingerprint density at radius 2 is 1.00 bits per heavy atom. The van der Waals surface area contributed by atoms with Crippen molar-refractivity contribution in [3.8, 4) is 0 Å². The summed E-state index contributed by atoms with van der Waals surface area (Å²) in [5.41, 5.74) is 1.82. The molecule has 0 aliphatic rings. The van der Waals surface area contributed by atoms with E-state index >= 15 is 0 Å². The van der Waals surface area contributed by atoms with Crippen molar-refractivity contribution in [2.75, 3.05) is 23.6 Å². The van der Waals surface area contributed by atoms with E-state index in [4.69, 9.17) is 9.68 Å². The van der Waals surface area contributed by atoms with Crippen molar-refractivity contribution in [2.45, 2.75) is 13.8 Å². The van der Waals surface area contributed by atoms with Crippen LogP contribution in [-0.4, -0.2) is 13.2 Å². The molecule has 4 heteroatoms. The zero-order valence-corrected chi connectivity index (χ0v) is 11.9. The molecule has 0 radical (unpaired) electrons. The Balaban J connectivity index is 2.33. The Hall–Kier alpha value is -2.04. The number of hydrogen-bond acceptors (Lipinski definition) is 4. The second kappa shape index (κ2) is 7.53. The van der Waals surface area contributed by atoms with Crippen molar-refractivity contribution in [2.24, 2.45) is 0 Å². The molecule has 0 aliphatic heterocycles. The van der Waals surface area contributed by atoms with Gasteiger partial charge in [0, 0.05) is 0 Å². The normalized spacial score (nSPS) is 10.3. The Labute approximate surface area is 120 Å². The summed E-state index contributed by atoms with van der Waals surface area (Å²) < 4.78 is 0. The van der Waals surface area contributed by atoms with Crippen LogP contribution in [0.4, 0.5) is 11.4 Å². The summed E-state index contributed by atoms with van der Waals surface area (Å²) in [5.74, 6) is 0. The summed E-state index contributed by atoms with van der Waals surface area (Å²) in [6.45, 7) is 4.99. The van der Waals surface area contributed by atoms with E-state index < -0.39 is 0 Å². The van der Waals surface area contributed by atoms with E-state index in [2.05, 4.69) is 0 Å². The lowest BCUT2D eigenvalue weighted by molar-refractivity contribution is 0.00831. The maximum Gasteiger partial charge on any atom is 0.0905 e. The van der Waals surface area contributed by atoms with Crippen LogP contribution >= 0.6 is 0 Å². The van der Waals surface area contributed by atoms with Crippen molar-refractivity contribution in [1.82, 2.24) is 0 Å². The molecule has 0 amide bonds. The number of rotatable bonds is 7. The quantitative estimate of drug-likeness (QED) is 0.715. The first-order valence-electron chi connectivity index (χ1n) is 6.83. The highest BCUT2D eigenvalue weighted by Crippen LogP contribution is 2.23. The van der Waals surface area contributed by atoms with Crippen molar-refractivity contribution >= 4 is 11.4 Å². The first kappa shape index (κ1) is 14.4. The zero-order valence-electron chi connectivity index (χ0n) is 11.9. The molecule has 106 valence electrons. The minimum Gasteiger partial charge on any atom is -0.252 e. The zero-order chi connectivity index (χ0) is 14.2. The molecular formula is C16H20N2O2. The van der Waals surface area contributed by atoms with Gasteiger partial charge in [-0.05, 0) is 38.1 Å². The second-order valence-corrected chi connectivity index (χ2v) is 4.05. The fraction of sp³-hybridized carbons (Fsp3) is 0.250. The minimum absolute atomic E-state index is 0.547. The van der Waals surface area contributed by atoms with Crippen LogP contribution in [0.3, 0.4) is 0 Å². The molecule has 0 N–H and O–H groups in total. The SMILES string of the molecule is CCON(c1ccccc1)N(OCC)c1ccccc1. The molecule has 0 heterocycles. The summed E-state index contributed by atoms with van der Waals surface area (Å²) >= 11 is 0. The Morgan fingerprint density at radius 1 is 0.650 bits per heavy atom. The molecule has 20 heavy (non-hydrogen) atoms. The van der Waals surface area contributed by atoms with Gasteiger partial charge in [0.15, 0.2) is 0 Å². The second-order valence-electron chi connectivity index (χ2n) is 4.05. The molecule has 0 aliphatic carbocycles. The predicted octanol–water partition coefficient (Wildman–Crippen LogP) is 3.82. The molecule has 0 atom stereocenters. The number of hydrogen-bond donors (Lipinski definition) is 0. The molecule has 0 spiro atoms. The van der Waals surface area contributed by atoms with E-state index in [1.54, 1.807) is 10.3 Å². The van der Waals surface area contributed by atoms with Gasteiger partial charge in [-0.25, -0.2) is 0 Å². The molecule has 0 saturated heterocycles. The molecule has 2 rings (SSSR count).